The first-order valence-corrected chi connectivity index (χ1v) is 9.29. The molecule has 144 valence electrons. The minimum atomic E-state index is -0.115. The maximum atomic E-state index is 12.4. The topological polar surface area (TPSA) is 83.4 Å². The number of rotatable bonds is 7. The van der Waals surface area contributed by atoms with Gasteiger partial charge in [0.1, 0.15) is 12.7 Å². The molecule has 3 amide bonds. The van der Waals surface area contributed by atoms with E-state index in [4.69, 9.17) is 0 Å². The SMILES string of the molecule is CC(c1ccc(-n2cncn2)cc1)N(C)C(=O)NCCCN1CCCC1=O. The number of nitrogens with zero attached hydrogens (tertiary/aromatic N) is 5. The number of benzene rings is 1. The van der Waals surface area contributed by atoms with E-state index in [2.05, 4.69) is 15.4 Å². The summed E-state index contributed by atoms with van der Waals surface area (Å²) in [5, 5.41) is 7.04. The molecule has 2 aromatic rings. The highest BCUT2D eigenvalue weighted by Crippen LogP contribution is 2.20. The first-order valence-electron chi connectivity index (χ1n) is 9.29. The van der Waals surface area contributed by atoms with E-state index >= 15 is 0 Å². The Morgan fingerprint density at radius 1 is 1.33 bits per heavy atom. The lowest BCUT2D eigenvalue weighted by molar-refractivity contribution is -0.127. The fourth-order valence-corrected chi connectivity index (χ4v) is 3.18. The molecule has 8 heteroatoms. The number of likely N-dealkylation sites (tertiary alicyclic amines) is 1. The molecule has 8 nitrogen and oxygen atoms in total. The Labute approximate surface area is 159 Å². The molecule has 2 heterocycles. The number of urea groups is 1. The van der Waals surface area contributed by atoms with Crippen LogP contribution in [0, 0.1) is 0 Å². The molecule has 1 unspecified atom stereocenters. The Morgan fingerprint density at radius 3 is 2.74 bits per heavy atom. The fraction of sp³-hybridized carbons (Fsp3) is 0.474. The Balaban J connectivity index is 1.46. The average molecular weight is 370 g/mol. The second kappa shape index (κ2) is 8.66. The molecule has 1 fully saturated rings. The van der Waals surface area contributed by atoms with E-state index in [1.807, 2.05) is 36.1 Å². The van der Waals surface area contributed by atoms with Crippen LogP contribution in [0.25, 0.3) is 5.69 Å². The summed E-state index contributed by atoms with van der Waals surface area (Å²) in [5.74, 6) is 0.224. The van der Waals surface area contributed by atoms with Crippen LogP contribution in [-0.2, 0) is 4.79 Å². The van der Waals surface area contributed by atoms with E-state index in [-0.39, 0.29) is 18.0 Å². The predicted molar refractivity (Wildman–Crippen MR) is 101 cm³/mol. The van der Waals surface area contributed by atoms with Crippen LogP contribution in [0.1, 0.15) is 37.8 Å². The average Bonchev–Trinajstić information content (AvgIpc) is 3.36. The highest BCUT2D eigenvalue weighted by molar-refractivity contribution is 5.78. The first kappa shape index (κ1) is 18.9. The van der Waals surface area contributed by atoms with E-state index in [0.717, 1.165) is 30.6 Å². The van der Waals surface area contributed by atoms with Crippen molar-refractivity contribution in [1.29, 1.82) is 0 Å². The lowest BCUT2D eigenvalue weighted by Crippen LogP contribution is -2.40. The van der Waals surface area contributed by atoms with Crippen molar-refractivity contribution in [3.63, 3.8) is 0 Å². The van der Waals surface area contributed by atoms with Gasteiger partial charge in [-0.1, -0.05) is 12.1 Å². The van der Waals surface area contributed by atoms with Gasteiger partial charge in [-0.3, -0.25) is 4.79 Å². The van der Waals surface area contributed by atoms with Gasteiger partial charge in [-0.05, 0) is 37.5 Å². The van der Waals surface area contributed by atoms with Crippen LogP contribution in [0.15, 0.2) is 36.9 Å². The van der Waals surface area contributed by atoms with Gasteiger partial charge in [-0.15, -0.1) is 0 Å². The second-order valence-electron chi connectivity index (χ2n) is 6.79. The lowest BCUT2D eigenvalue weighted by atomic mass is 10.1. The molecule has 1 atom stereocenters. The van der Waals surface area contributed by atoms with Gasteiger partial charge in [0.15, 0.2) is 0 Å². The van der Waals surface area contributed by atoms with Crippen molar-refractivity contribution in [3.05, 3.63) is 42.5 Å². The maximum Gasteiger partial charge on any atom is 0.317 e. The Kier molecular flexibility index (Phi) is 6.05. The van der Waals surface area contributed by atoms with Crippen LogP contribution in [0.5, 0.6) is 0 Å². The van der Waals surface area contributed by atoms with Crippen molar-refractivity contribution in [3.8, 4) is 5.69 Å². The van der Waals surface area contributed by atoms with Crippen molar-refractivity contribution in [2.75, 3.05) is 26.7 Å². The third-order valence-electron chi connectivity index (χ3n) is 5.01. The maximum absolute atomic E-state index is 12.4. The standard InChI is InChI=1S/C19H26N6O2/c1-15(16-6-8-17(9-7-16)25-14-20-13-22-25)23(2)19(27)21-10-4-12-24-11-3-5-18(24)26/h6-9,13-15H,3-5,10-12H2,1-2H3,(H,21,27). The van der Waals surface area contributed by atoms with Crippen LogP contribution >= 0.6 is 0 Å². The first-order chi connectivity index (χ1) is 13.1. The van der Waals surface area contributed by atoms with E-state index in [1.165, 1.54) is 6.33 Å². The smallest absolute Gasteiger partial charge is 0.317 e. The summed E-state index contributed by atoms with van der Waals surface area (Å²) < 4.78 is 1.69. The van der Waals surface area contributed by atoms with Crippen molar-refractivity contribution < 1.29 is 9.59 Å². The zero-order valence-electron chi connectivity index (χ0n) is 15.8. The molecule has 1 aliphatic heterocycles. The molecule has 1 aromatic heterocycles. The molecule has 3 rings (SSSR count). The molecule has 0 aliphatic carbocycles. The van der Waals surface area contributed by atoms with Crippen molar-refractivity contribution in [2.24, 2.45) is 0 Å². The van der Waals surface area contributed by atoms with Gasteiger partial charge in [-0.25, -0.2) is 14.5 Å². The normalized spacial score (nSPS) is 15.0. The molecular formula is C19H26N6O2. The molecule has 27 heavy (non-hydrogen) atoms. The molecule has 0 radical (unpaired) electrons. The van der Waals surface area contributed by atoms with E-state index in [0.29, 0.717) is 19.5 Å². The van der Waals surface area contributed by atoms with Gasteiger partial charge in [0.25, 0.3) is 0 Å². The summed E-state index contributed by atoms with van der Waals surface area (Å²) in [7, 11) is 1.79. The third-order valence-corrected chi connectivity index (χ3v) is 5.01. The number of carbonyl (C=O) groups is 2. The fourth-order valence-electron chi connectivity index (χ4n) is 3.18. The Morgan fingerprint density at radius 2 is 2.11 bits per heavy atom. The minimum absolute atomic E-state index is 0.0602. The van der Waals surface area contributed by atoms with Gasteiger partial charge in [-0.2, -0.15) is 5.10 Å². The zero-order chi connectivity index (χ0) is 19.2. The van der Waals surface area contributed by atoms with Crippen LogP contribution in [0.2, 0.25) is 0 Å². The third kappa shape index (κ3) is 4.64. The summed E-state index contributed by atoms with van der Waals surface area (Å²) in [5.41, 5.74) is 1.96. The van der Waals surface area contributed by atoms with Crippen LogP contribution in [0.3, 0.4) is 0 Å². The minimum Gasteiger partial charge on any atom is -0.343 e. The Hall–Kier alpha value is -2.90. The van der Waals surface area contributed by atoms with Gasteiger partial charge in [0, 0.05) is 33.1 Å². The summed E-state index contributed by atoms with van der Waals surface area (Å²) in [4.78, 5) is 31.5. The van der Waals surface area contributed by atoms with E-state index in [1.54, 1.807) is 23.0 Å². The zero-order valence-corrected chi connectivity index (χ0v) is 15.8. The van der Waals surface area contributed by atoms with E-state index in [9.17, 15) is 9.59 Å². The quantitative estimate of drug-likeness (QED) is 0.756. The van der Waals surface area contributed by atoms with Gasteiger partial charge < -0.3 is 15.1 Å². The number of hydrogen-bond donors (Lipinski definition) is 1. The predicted octanol–water partition coefficient (Wildman–Crippen LogP) is 1.98. The highest BCUT2D eigenvalue weighted by Gasteiger charge is 2.20. The lowest BCUT2D eigenvalue weighted by Gasteiger charge is -2.26. The van der Waals surface area contributed by atoms with Gasteiger partial charge in [0.2, 0.25) is 5.91 Å². The number of hydrogen-bond acceptors (Lipinski definition) is 4. The summed E-state index contributed by atoms with van der Waals surface area (Å²) in [6, 6.07) is 7.72. The van der Waals surface area contributed by atoms with Crippen molar-refractivity contribution in [1.82, 2.24) is 29.9 Å². The largest absolute Gasteiger partial charge is 0.343 e. The number of carbonyl (C=O) groups excluding carboxylic acids is 2. The molecule has 0 spiro atoms. The van der Waals surface area contributed by atoms with Gasteiger partial charge >= 0.3 is 6.03 Å². The van der Waals surface area contributed by atoms with Crippen molar-refractivity contribution in [2.45, 2.75) is 32.2 Å². The summed E-state index contributed by atoms with van der Waals surface area (Å²) in [6.45, 7) is 4.11. The molecular weight excluding hydrogens is 344 g/mol. The number of amides is 3. The molecule has 1 aromatic carbocycles. The second-order valence-corrected chi connectivity index (χ2v) is 6.79. The van der Waals surface area contributed by atoms with Crippen LogP contribution in [-0.4, -0.2) is 63.2 Å². The number of nitrogens with one attached hydrogen (secondary N) is 1. The number of aromatic nitrogens is 3. The Bertz CT molecular complexity index is 759. The molecule has 0 bridgehead atoms. The van der Waals surface area contributed by atoms with Crippen LogP contribution < -0.4 is 5.32 Å². The van der Waals surface area contributed by atoms with Crippen LogP contribution in [0.4, 0.5) is 4.79 Å². The monoisotopic (exact) mass is 370 g/mol. The van der Waals surface area contributed by atoms with Gasteiger partial charge in [0.05, 0.1) is 11.7 Å². The molecule has 1 saturated heterocycles. The summed E-state index contributed by atoms with van der Waals surface area (Å²) >= 11 is 0. The van der Waals surface area contributed by atoms with E-state index < -0.39 is 0 Å². The van der Waals surface area contributed by atoms with Crippen molar-refractivity contribution >= 4 is 11.9 Å². The molecule has 0 saturated carbocycles. The summed E-state index contributed by atoms with van der Waals surface area (Å²) in [6.07, 6.45) is 5.51. The molecule has 1 N–H and O–H groups in total. The molecule has 1 aliphatic rings. The highest BCUT2D eigenvalue weighted by atomic mass is 16.2.